The first-order chi connectivity index (χ1) is 12.3. The summed E-state index contributed by atoms with van der Waals surface area (Å²) in [5.74, 6) is 0. The van der Waals surface area contributed by atoms with Gasteiger partial charge in [0.15, 0.2) is 0 Å². The van der Waals surface area contributed by atoms with E-state index >= 15 is 0 Å². The second-order valence-electron chi connectivity index (χ2n) is 6.34. The van der Waals surface area contributed by atoms with Crippen molar-refractivity contribution < 1.29 is 4.79 Å². The van der Waals surface area contributed by atoms with Crippen molar-refractivity contribution in [2.75, 3.05) is 11.9 Å². The van der Waals surface area contributed by atoms with Gasteiger partial charge in [-0.15, -0.1) is 11.3 Å². The molecule has 2 aromatic carbocycles. The summed E-state index contributed by atoms with van der Waals surface area (Å²) in [6, 6.07) is 13.8. The first-order valence-electron chi connectivity index (χ1n) is 8.80. The predicted molar refractivity (Wildman–Crippen MR) is 103 cm³/mol. The SMILES string of the molecule is O=C(NCCc1nc2c(s1)CCCC2)Nc1cccc2ccccc12. The number of amides is 2. The maximum atomic E-state index is 12.2. The molecule has 0 saturated carbocycles. The number of nitrogens with zero attached hydrogens (tertiary/aromatic N) is 1. The van der Waals surface area contributed by atoms with Gasteiger partial charge in [0.05, 0.1) is 16.4 Å². The first-order valence-corrected chi connectivity index (χ1v) is 9.61. The second-order valence-corrected chi connectivity index (χ2v) is 7.51. The summed E-state index contributed by atoms with van der Waals surface area (Å²) in [5, 5.41) is 9.20. The minimum absolute atomic E-state index is 0.169. The van der Waals surface area contributed by atoms with E-state index in [0.717, 1.165) is 34.3 Å². The Morgan fingerprint density at radius 3 is 2.84 bits per heavy atom. The average Bonchev–Trinajstić information content (AvgIpc) is 3.05. The highest BCUT2D eigenvalue weighted by Crippen LogP contribution is 2.27. The topological polar surface area (TPSA) is 54.0 Å². The molecule has 3 aromatic rings. The van der Waals surface area contributed by atoms with E-state index in [1.165, 1.54) is 29.8 Å². The molecule has 1 heterocycles. The number of aryl methyl sites for hydroxylation is 2. The van der Waals surface area contributed by atoms with Gasteiger partial charge in [0.2, 0.25) is 0 Å². The first kappa shape index (κ1) is 16.1. The molecule has 1 aliphatic carbocycles. The summed E-state index contributed by atoms with van der Waals surface area (Å²) in [7, 11) is 0. The number of thiazole rings is 1. The lowest BCUT2D eigenvalue weighted by molar-refractivity contribution is 0.252. The number of carbonyl (C=O) groups excluding carboxylic acids is 1. The lowest BCUT2D eigenvalue weighted by atomic mass is 10.0. The Balaban J connectivity index is 1.34. The number of urea groups is 1. The molecule has 0 aliphatic heterocycles. The molecule has 0 bridgehead atoms. The van der Waals surface area contributed by atoms with Gasteiger partial charge in [-0.05, 0) is 37.1 Å². The zero-order valence-electron chi connectivity index (χ0n) is 14.0. The van der Waals surface area contributed by atoms with Gasteiger partial charge < -0.3 is 10.6 Å². The molecule has 2 N–H and O–H groups in total. The van der Waals surface area contributed by atoms with Crippen molar-refractivity contribution in [2.45, 2.75) is 32.1 Å². The Labute approximate surface area is 151 Å². The van der Waals surface area contributed by atoms with Gasteiger partial charge in [-0.25, -0.2) is 9.78 Å². The summed E-state index contributed by atoms with van der Waals surface area (Å²) in [5.41, 5.74) is 2.12. The van der Waals surface area contributed by atoms with Crippen molar-refractivity contribution in [1.29, 1.82) is 0 Å². The number of rotatable bonds is 4. The van der Waals surface area contributed by atoms with E-state index in [-0.39, 0.29) is 6.03 Å². The molecule has 0 fully saturated rings. The number of anilines is 1. The van der Waals surface area contributed by atoms with Crippen LogP contribution >= 0.6 is 11.3 Å². The van der Waals surface area contributed by atoms with E-state index in [1.54, 1.807) is 0 Å². The molecule has 4 nitrogen and oxygen atoms in total. The highest BCUT2D eigenvalue weighted by atomic mass is 32.1. The van der Waals surface area contributed by atoms with Crippen molar-refractivity contribution in [3.05, 3.63) is 58.0 Å². The van der Waals surface area contributed by atoms with Crippen LogP contribution in [0.4, 0.5) is 10.5 Å². The van der Waals surface area contributed by atoms with Gasteiger partial charge >= 0.3 is 6.03 Å². The molecule has 0 spiro atoms. The Bertz CT molecular complexity index is 874. The normalized spacial score (nSPS) is 13.4. The molecular formula is C20H21N3OS. The molecule has 0 saturated heterocycles. The Kier molecular flexibility index (Phi) is 4.65. The fraction of sp³-hybridized carbons (Fsp3) is 0.300. The molecule has 128 valence electrons. The molecule has 2 amide bonds. The Morgan fingerprint density at radius 2 is 1.92 bits per heavy atom. The number of hydrogen-bond donors (Lipinski definition) is 2. The van der Waals surface area contributed by atoms with Crippen molar-refractivity contribution in [3.63, 3.8) is 0 Å². The molecule has 5 heteroatoms. The lowest BCUT2D eigenvalue weighted by Crippen LogP contribution is -2.30. The van der Waals surface area contributed by atoms with Crippen LogP contribution in [-0.2, 0) is 19.3 Å². The van der Waals surface area contributed by atoms with E-state index < -0.39 is 0 Å². The van der Waals surface area contributed by atoms with Gasteiger partial charge in [0, 0.05) is 23.2 Å². The summed E-state index contributed by atoms with van der Waals surface area (Å²) >= 11 is 1.81. The van der Waals surface area contributed by atoms with Crippen LogP contribution in [0.1, 0.15) is 28.4 Å². The lowest BCUT2D eigenvalue weighted by Gasteiger charge is -2.09. The third kappa shape index (κ3) is 3.66. The quantitative estimate of drug-likeness (QED) is 0.725. The molecule has 0 atom stereocenters. The number of benzene rings is 2. The minimum atomic E-state index is -0.169. The van der Waals surface area contributed by atoms with Crippen molar-refractivity contribution in [1.82, 2.24) is 10.3 Å². The zero-order valence-corrected chi connectivity index (χ0v) is 14.9. The number of hydrogen-bond acceptors (Lipinski definition) is 3. The summed E-state index contributed by atoms with van der Waals surface area (Å²) < 4.78 is 0. The average molecular weight is 351 g/mol. The fourth-order valence-electron chi connectivity index (χ4n) is 3.30. The highest BCUT2D eigenvalue weighted by Gasteiger charge is 2.15. The summed E-state index contributed by atoms with van der Waals surface area (Å²) in [6.07, 6.45) is 5.60. The predicted octanol–water partition coefficient (Wildman–Crippen LogP) is 4.54. The van der Waals surface area contributed by atoms with Crippen LogP contribution in [0.3, 0.4) is 0 Å². The number of nitrogens with one attached hydrogen (secondary N) is 2. The van der Waals surface area contributed by atoms with Crippen LogP contribution in [0.25, 0.3) is 10.8 Å². The molecule has 4 rings (SSSR count). The standard InChI is InChI=1S/C20H21N3OS/c24-20(23-16-10-5-7-14-6-1-2-8-15(14)16)21-13-12-19-22-17-9-3-4-11-18(17)25-19/h1-2,5-8,10H,3-4,9,11-13H2,(H2,21,23,24). The van der Waals surface area contributed by atoms with E-state index in [2.05, 4.69) is 10.6 Å². The van der Waals surface area contributed by atoms with Crippen molar-refractivity contribution >= 4 is 33.8 Å². The summed E-state index contributed by atoms with van der Waals surface area (Å²) in [4.78, 5) is 18.4. The smallest absolute Gasteiger partial charge is 0.319 e. The maximum absolute atomic E-state index is 12.2. The fourth-order valence-corrected chi connectivity index (χ4v) is 4.45. The van der Waals surface area contributed by atoms with Crippen LogP contribution in [-0.4, -0.2) is 17.6 Å². The van der Waals surface area contributed by atoms with Crippen LogP contribution in [0.5, 0.6) is 0 Å². The largest absolute Gasteiger partial charge is 0.337 e. The maximum Gasteiger partial charge on any atom is 0.319 e. The molecule has 0 radical (unpaired) electrons. The van der Waals surface area contributed by atoms with Gasteiger partial charge in [0.25, 0.3) is 0 Å². The number of carbonyl (C=O) groups is 1. The highest BCUT2D eigenvalue weighted by molar-refractivity contribution is 7.11. The monoisotopic (exact) mass is 351 g/mol. The van der Waals surface area contributed by atoms with Crippen LogP contribution in [0.2, 0.25) is 0 Å². The summed E-state index contributed by atoms with van der Waals surface area (Å²) in [6.45, 7) is 0.600. The van der Waals surface area contributed by atoms with E-state index in [9.17, 15) is 4.79 Å². The minimum Gasteiger partial charge on any atom is -0.337 e. The van der Waals surface area contributed by atoms with Gasteiger partial charge in [-0.1, -0.05) is 36.4 Å². The Morgan fingerprint density at radius 1 is 1.08 bits per heavy atom. The second kappa shape index (κ2) is 7.23. The Hall–Kier alpha value is -2.40. The van der Waals surface area contributed by atoms with E-state index in [4.69, 9.17) is 4.98 Å². The number of fused-ring (bicyclic) bond motifs is 2. The van der Waals surface area contributed by atoms with Gasteiger partial charge in [-0.2, -0.15) is 0 Å². The van der Waals surface area contributed by atoms with E-state index in [0.29, 0.717) is 6.54 Å². The molecule has 1 aliphatic rings. The van der Waals surface area contributed by atoms with Crippen molar-refractivity contribution in [3.8, 4) is 0 Å². The molecule has 0 unspecified atom stereocenters. The van der Waals surface area contributed by atoms with Crippen molar-refractivity contribution in [2.24, 2.45) is 0 Å². The van der Waals surface area contributed by atoms with Crippen LogP contribution in [0.15, 0.2) is 42.5 Å². The third-order valence-corrected chi connectivity index (χ3v) is 5.77. The number of aromatic nitrogens is 1. The van der Waals surface area contributed by atoms with Crippen LogP contribution in [0, 0.1) is 0 Å². The van der Waals surface area contributed by atoms with Gasteiger partial charge in [0.1, 0.15) is 0 Å². The molecule has 1 aromatic heterocycles. The van der Waals surface area contributed by atoms with Crippen LogP contribution < -0.4 is 10.6 Å². The molecule has 25 heavy (non-hydrogen) atoms. The van der Waals surface area contributed by atoms with E-state index in [1.807, 2.05) is 53.8 Å². The molecular weight excluding hydrogens is 330 g/mol. The van der Waals surface area contributed by atoms with Gasteiger partial charge in [-0.3, -0.25) is 0 Å². The third-order valence-electron chi connectivity index (χ3n) is 4.55. The zero-order chi connectivity index (χ0) is 17.1.